The quantitative estimate of drug-likeness (QED) is 0.214. The first-order chi connectivity index (χ1) is 18.6. The zero-order chi connectivity index (χ0) is 28.4. The van der Waals surface area contributed by atoms with Gasteiger partial charge in [-0.1, -0.05) is 37.3 Å². The molecule has 3 rings (SSSR count). The van der Waals surface area contributed by atoms with Crippen molar-refractivity contribution in [2.45, 2.75) is 64.2 Å². The molecule has 1 aliphatic rings. The van der Waals surface area contributed by atoms with Gasteiger partial charge < -0.3 is 16.0 Å². The van der Waals surface area contributed by atoms with Crippen LogP contribution in [-0.2, 0) is 16.4 Å². The summed E-state index contributed by atoms with van der Waals surface area (Å²) in [6, 6.07) is 13.2. The Balaban J connectivity index is 1.79. The Labute approximate surface area is 234 Å². The van der Waals surface area contributed by atoms with Crippen LogP contribution in [0.4, 0.5) is 11.6 Å². The minimum absolute atomic E-state index is 0.113. The van der Waals surface area contributed by atoms with E-state index in [1.165, 1.54) is 11.4 Å². The van der Waals surface area contributed by atoms with Gasteiger partial charge in [-0.25, -0.2) is 13.4 Å². The Kier molecular flexibility index (Phi) is 11.2. The number of aromatic nitrogens is 1. The lowest BCUT2D eigenvalue weighted by atomic mass is 10.0. The molecule has 1 aromatic carbocycles. The third-order valence-electron chi connectivity index (χ3n) is 7.20. The van der Waals surface area contributed by atoms with Crippen LogP contribution < -0.4 is 20.3 Å². The molecule has 1 heterocycles. The lowest BCUT2D eigenvalue weighted by Crippen LogP contribution is -2.39. The number of anilines is 2. The van der Waals surface area contributed by atoms with Crippen LogP contribution in [0.3, 0.4) is 0 Å². The van der Waals surface area contributed by atoms with Gasteiger partial charge in [0.2, 0.25) is 10.0 Å². The summed E-state index contributed by atoms with van der Waals surface area (Å²) >= 11 is 0. The summed E-state index contributed by atoms with van der Waals surface area (Å²) in [6.07, 6.45) is 9.56. The zero-order valence-electron chi connectivity index (χ0n) is 23.6. The van der Waals surface area contributed by atoms with Gasteiger partial charge in [0, 0.05) is 31.6 Å². The molecule has 1 aromatic heterocycles. The highest BCUT2D eigenvalue weighted by Gasteiger charge is 2.32. The van der Waals surface area contributed by atoms with Gasteiger partial charge in [0.1, 0.15) is 11.6 Å². The van der Waals surface area contributed by atoms with E-state index in [-0.39, 0.29) is 17.8 Å². The van der Waals surface area contributed by atoms with Crippen LogP contribution in [0.2, 0.25) is 0 Å². The van der Waals surface area contributed by atoms with Crippen molar-refractivity contribution in [2.24, 2.45) is 11.8 Å². The molecule has 3 N–H and O–H groups in total. The first kappa shape index (κ1) is 30.5. The highest BCUT2D eigenvalue weighted by Crippen LogP contribution is 2.37. The first-order valence-electron chi connectivity index (χ1n) is 13.8. The summed E-state index contributed by atoms with van der Waals surface area (Å²) in [5.41, 5.74) is 1.51. The Morgan fingerprint density at radius 3 is 2.56 bits per heavy atom. The molecular formula is C30H43N5O3S. The van der Waals surface area contributed by atoms with Gasteiger partial charge in [-0.05, 0) is 82.2 Å². The van der Waals surface area contributed by atoms with E-state index in [2.05, 4.69) is 45.9 Å². The molecule has 3 unspecified atom stereocenters. The number of sulfonamides is 1. The van der Waals surface area contributed by atoms with E-state index in [4.69, 9.17) is 6.42 Å². The second kappa shape index (κ2) is 14.3. The molecule has 0 radical (unpaired) electrons. The molecule has 1 aliphatic carbocycles. The number of unbranched alkanes of at least 4 members (excludes halogenated alkanes) is 1. The van der Waals surface area contributed by atoms with Crippen LogP contribution in [0.25, 0.3) is 0 Å². The fraction of sp³-hybridized carbons (Fsp3) is 0.533. The maximum Gasteiger partial charge on any atom is 0.251 e. The number of carbonyl (C=O) groups is 1. The number of carbonyl (C=O) groups excluding carboxylic acids is 1. The summed E-state index contributed by atoms with van der Waals surface area (Å²) in [5, 5.41) is 9.30. The molecule has 0 aliphatic heterocycles. The summed E-state index contributed by atoms with van der Waals surface area (Å²) < 4.78 is 26.9. The number of nitrogens with zero attached hydrogens (tertiary/aromatic N) is 2. The average molecular weight is 554 g/mol. The van der Waals surface area contributed by atoms with E-state index in [0.29, 0.717) is 29.6 Å². The van der Waals surface area contributed by atoms with E-state index >= 15 is 0 Å². The number of rotatable bonds is 16. The van der Waals surface area contributed by atoms with Crippen molar-refractivity contribution in [3.05, 3.63) is 53.6 Å². The highest BCUT2D eigenvalue weighted by atomic mass is 32.2. The molecule has 1 amide bonds. The number of benzene rings is 1. The number of hydrogen-bond donors (Lipinski definition) is 3. The van der Waals surface area contributed by atoms with Crippen LogP contribution in [0, 0.1) is 24.2 Å². The fourth-order valence-electron chi connectivity index (χ4n) is 4.37. The molecule has 0 saturated heterocycles. The SMILES string of the molecule is C#CCCCNCCC(Cc1ccccc1)NC(=O)c1cc(NCC2CC2C)nc(N(C)S(=O)(=O)C(C)C)c1. The number of hydrogen-bond acceptors (Lipinski definition) is 6. The molecule has 0 bridgehead atoms. The van der Waals surface area contributed by atoms with Crippen LogP contribution in [0.5, 0.6) is 0 Å². The van der Waals surface area contributed by atoms with E-state index in [1.807, 2.05) is 18.2 Å². The lowest BCUT2D eigenvalue weighted by molar-refractivity contribution is 0.0935. The van der Waals surface area contributed by atoms with Gasteiger partial charge in [-0.3, -0.25) is 9.10 Å². The van der Waals surface area contributed by atoms with Gasteiger partial charge in [-0.15, -0.1) is 12.3 Å². The second-order valence-corrected chi connectivity index (χ2v) is 13.2. The largest absolute Gasteiger partial charge is 0.370 e. The van der Waals surface area contributed by atoms with E-state index < -0.39 is 15.3 Å². The molecular weight excluding hydrogens is 510 g/mol. The van der Waals surface area contributed by atoms with E-state index in [1.54, 1.807) is 26.0 Å². The van der Waals surface area contributed by atoms with Gasteiger partial charge in [0.05, 0.1) is 5.25 Å². The zero-order valence-corrected chi connectivity index (χ0v) is 24.4. The van der Waals surface area contributed by atoms with Crippen LogP contribution in [0.15, 0.2) is 42.5 Å². The summed E-state index contributed by atoms with van der Waals surface area (Å²) in [5.74, 6) is 4.33. The van der Waals surface area contributed by atoms with Gasteiger partial charge >= 0.3 is 0 Å². The van der Waals surface area contributed by atoms with Crippen molar-refractivity contribution in [1.29, 1.82) is 0 Å². The topological polar surface area (TPSA) is 103 Å². The molecule has 39 heavy (non-hydrogen) atoms. The van der Waals surface area contributed by atoms with Crippen molar-refractivity contribution >= 4 is 27.6 Å². The second-order valence-electron chi connectivity index (χ2n) is 10.7. The van der Waals surface area contributed by atoms with Crippen molar-refractivity contribution in [3.8, 4) is 12.3 Å². The van der Waals surface area contributed by atoms with Crippen LogP contribution in [-0.4, -0.2) is 57.3 Å². The molecule has 0 spiro atoms. The highest BCUT2D eigenvalue weighted by molar-refractivity contribution is 7.93. The van der Waals surface area contributed by atoms with E-state index in [0.717, 1.165) is 50.9 Å². The van der Waals surface area contributed by atoms with Gasteiger partial charge in [-0.2, -0.15) is 0 Å². The standard InChI is InChI=1S/C30H43N5O3S/c1-6-7-11-15-31-16-14-27(18-24-12-9-8-10-13-24)33-30(36)25-19-28(32-21-26-17-23(26)4)34-29(20-25)35(5)39(37,38)22(2)3/h1,8-10,12-13,19-20,22-23,26-27,31H,7,11,14-18,21H2,2-5H3,(H,32,34)(H,33,36). The number of pyridine rings is 1. The van der Waals surface area contributed by atoms with Crippen molar-refractivity contribution in [2.75, 3.05) is 36.3 Å². The Hall–Kier alpha value is -3.09. The normalized spacial score (nSPS) is 17.3. The Morgan fingerprint density at radius 2 is 1.92 bits per heavy atom. The fourth-order valence-corrected chi connectivity index (χ4v) is 5.36. The van der Waals surface area contributed by atoms with E-state index in [9.17, 15) is 13.2 Å². The predicted molar refractivity (Wildman–Crippen MR) is 159 cm³/mol. The minimum Gasteiger partial charge on any atom is -0.370 e. The monoisotopic (exact) mass is 553 g/mol. The lowest BCUT2D eigenvalue weighted by Gasteiger charge is -2.23. The number of nitrogens with one attached hydrogen (secondary N) is 3. The van der Waals surface area contributed by atoms with Crippen molar-refractivity contribution < 1.29 is 13.2 Å². The number of amides is 1. The average Bonchev–Trinajstić information content (AvgIpc) is 3.63. The molecule has 3 atom stereocenters. The van der Waals surface area contributed by atoms with Crippen LogP contribution in [0.1, 0.15) is 62.4 Å². The third kappa shape index (κ3) is 9.26. The predicted octanol–water partition coefficient (Wildman–Crippen LogP) is 4.06. The molecule has 8 nitrogen and oxygen atoms in total. The maximum atomic E-state index is 13.6. The Bertz CT molecular complexity index is 1230. The van der Waals surface area contributed by atoms with Crippen molar-refractivity contribution in [1.82, 2.24) is 15.6 Å². The van der Waals surface area contributed by atoms with Crippen LogP contribution >= 0.6 is 0 Å². The van der Waals surface area contributed by atoms with Gasteiger partial charge in [0.15, 0.2) is 0 Å². The smallest absolute Gasteiger partial charge is 0.251 e. The summed E-state index contributed by atoms with van der Waals surface area (Å²) in [4.78, 5) is 18.1. The van der Waals surface area contributed by atoms with Gasteiger partial charge in [0.25, 0.3) is 5.91 Å². The Morgan fingerprint density at radius 1 is 1.21 bits per heavy atom. The molecule has 1 saturated carbocycles. The molecule has 2 aromatic rings. The molecule has 1 fully saturated rings. The summed E-state index contributed by atoms with van der Waals surface area (Å²) in [6.45, 7) is 7.77. The minimum atomic E-state index is -3.61. The molecule has 212 valence electrons. The third-order valence-corrected chi connectivity index (χ3v) is 9.34. The number of terminal acetylenes is 1. The first-order valence-corrected chi connectivity index (χ1v) is 15.3. The van der Waals surface area contributed by atoms with Crippen molar-refractivity contribution in [3.63, 3.8) is 0 Å². The summed E-state index contributed by atoms with van der Waals surface area (Å²) in [7, 11) is -2.13. The molecule has 9 heteroatoms. The maximum absolute atomic E-state index is 13.6.